The summed E-state index contributed by atoms with van der Waals surface area (Å²) in [4.78, 5) is 7.40. The predicted octanol–water partition coefficient (Wildman–Crippen LogP) is 3.05. The molecule has 1 fully saturated rings. The van der Waals surface area contributed by atoms with Gasteiger partial charge in [-0.3, -0.25) is 10.3 Å². The van der Waals surface area contributed by atoms with E-state index in [1.54, 1.807) is 25.3 Å². The van der Waals surface area contributed by atoms with Gasteiger partial charge in [0.2, 0.25) is 0 Å². The molecular weight excluding hydrogens is 354 g/mol. The van der Waals surface area contributed by atoms with Crippen molar-refractivity contribution in [2.45, 2.75) is 31.0 Å². The molecule has 2 heterocycles. The smallest absolute Gasteiger partial charge is 0.124 e. The van der Waals surface area contributed by atoms with Crippen LogP contribution >= 0.6 is 0 Å². The van der Waals surface area contributed by atoms with Crippen molar-refractivity contribution in [2.24, 2.45) is 4.99 Å². The number of likely N-dealkylation sites (tertiary alicyclic amines) is 1. The summed E-state index contributed by atoms with van der Waals surface area (Å²) in [7, 11) is 3.73. The van der Waals surface area contributed by atoms with Crippen LogP contribution in [0.4, 0.5) is 0 Å². The van der Waals surface area contributed by atoms with Gasteiger partial charge in [-0.2, -0.15) is 0 Å². The molecule has 2 aliphatic heterocycles. The Kier molecular flexibility index (Phi) is 5.00. The van der Waals surface area contributed by atoms with Crippen molar-refractivity contribution in [1.82, 2.24) is 10.2 Å². The molecule has 4 rings (SSSR count). The predicted molar refractivity (Wildman–Crippen MR) is 109 cm³/mol. The SMILES string of the molecule is COc1ccc(O)c(C2=NC3(CCN(C)CC3)N[C@H](c3ccccc3O)C2)c1. The standard InChI is InChI=1S/C22H27N3O3/c1-25-11-9-22(10-12-25)23-18(16-5-3-4-6-20(16)26)14-19(24-22)17-13-15(28-2)7-8-21(17)27/h3-8,13,18,23,26-27H,9-12,14H2,1-2H3/t18-/m0/s1. The second kappa shape index (κ2) is 7.45. The Bertz CT molecular complexity index is 888. The van der Waals surface area contributed by atoms with Crippen LogP contribution in [0.3, 0.4) is 0 Å². The molecule has 1 saturated heterocycles. The van der Waals surface area contributed by atoms with E-state index in [0.717, 1.165) is 37.2 Å². The maximum Gasteiger partial charge on any atom is 0.124 e. The zero-order valence-corrected chi connectivity index (χ0v) is 16.4. The number of rotatable bonds is 3. The normalized spacial score (nSPS) is 22.1. The summed E-state index contributed by atoms with van der Waals surface area (Å²) in [5.41, 5.74) is 1.99. The van der Waals surface area contributed by atoms with Gasteiger partial charge in [0, 0.05) is 36.7 Å². The minimum atomic E-state index is -0.400. The number of methoxy groups -OCH3 is 1. The number of benzene rings is 2. The number of ether oxygens (including phenoxy) is 1. The molecule has 1 spiro atoms. The van der Waals surface area contributed by atoms with Gasteiger partial charge in [-0.1, -0.05) is 18.2 Å². The van der Waals surface area contributed by atoms with Crippen molar-refractivity contribution in [1.29, 1.82) is 0 Å². The summed E-state index contributed by atoms with van der Waals surface area (Å²) in [6.45, 7) is 1.89. The Hall–Kier alpha value is -2.57. The van der Waals surface area contributed by atoms with Gasteiger partial charge in [0.25, 0.3) is 0 Å². The molecule has 6 nitrogen and oxygen atoms in total. The Labute approximate surface area is 165 Å². The third kappa shape index (κ3) is 3.57. The van der Waals surface area contributed by atoms with E-state index in [-0.39, 0.29) is 17.5 Å². The average molecular weight is 381 g/mol. The maximum absolute atomic E-state index is 10.5. The molecule has 0 amide bonds. The van der Waals surface area contributed by atoms with Gasteiger partial charge in [0.15, 0.2) is 0 Å². The summed E-state index contributed by atoms with van der Waals surface area (Å²) in [5, 5.41) is 24.6. The molecule has 148 valence electrons. The van der Waals surface area contributed by atoms with Crippen molar-refractivity contribution >= 4 is 5.71 Å². The molecule has 2 aromatic rings. The average Bonchev–Trinajstić information content (AvgIpc) is 2.71. The van der Waals surface area contributed by atoms with Crippen LogP contribution < -0.4 is 10.1 Å². The summed E-state index contributed by atoms with van der Waals surface area (Å²) >= 11 is 0. The van der Waals surface area contributed by atoms with Gasteiger partial charge < -0.3 is 19.8 Å². The lowest BCUT2D eigenvalue weighted by molar-refractivity contribution is 0.144. The summed E-state index contributed by atoms with van der Waals surface area (Å²) in [5.74, 6) is 1.16. The number of phenols is 2. The number of para-hydroxylation sites is 1. The number of phenolic OH excluding ortho intramolecular Hbond substituents is 2. The van der Waals surface area contributed by atoms with Crippen molar-refractivity contribution in [3.05, 3.63) is 53.6 Å². The Morgan fingerprint density at radius 2 is 1.86 bits per heavy atom. The number of aliphatic imine (C=N–C) groups is 1. The fourth-order valence-corrected chi connectivity index (χ4v) is 4.16. The lowest BCUT2D eigenvalue weighted by Gasteiger charge is -2.44. The Balaban J connectivity index is 1.77. The van der Waals surface area contributed by atoms with E-state index in [1.165, 1.54) is 0 Å². The van der Waals surface area contributed by atoms with Crippen molar-refractivity contribution < 1.29 is 14.9 Å². The van der Waals surface area contributed by atoms with Gasteiger partial charge >= 0.3 is 0 Å². The monoisotopic (exact) mass is 381 g/mol. The maximum atomic E-state index is 10.5. The number of piperidine rings is 1. The molecule has 2 aromatic carbocycles. The fraction of sp³-hybridized carbons (Fsp3) is 0.409. The molecule has 0 aliphatic carbocycles. The molecule has 0 radical (unpaired) electrons. The zero-order valence-electron chi connectivity index (χ0n) is 16.4. The Morgan fingerprint density at radius 3 is 2.57 bits per heavy atom. The number of hydrogen-bond acceptors (Lipinski definition) is 6. The molecule has 0 saturated carbocycles. The van der Waals surface area contributed by atoms with E-state index in [2.05, 4.69) is 17.3 Å². The highest BCUT2D eigenvalue weighted by atomic mass is 16.5. The third-order valence-electron chi connectivity index (χ3n) is 5.83. The second-order valence-electron chi connectivity index (χ2n) is 7.74. The molecule has 28 heavy (non-hydrogen) atoms. The Morgan fingerprint density at radius 1 is 1.11 bits per heavy atom. The van der Waals surface area contributed by atoms with E-state index in [4.69, 9.17) is 9.73 Å². The molecule has 0 unspecified atom stereocenters. The van der Waals surface area contributed by atoms with Gasteiger partial charge in [0.05, 0.1) is 12.8 Å². The van der Waals surface area contributed by atoms with Gasteiger partial charge in [-0.15, -0.1) is 0 Å². The second-order valence-corrected chi connectivity index (χ2v) is 7.74. The van der Waals surface area contributed by atoms with Gasteiger partial charge in [-0.05, 0) is 44.2 Å². The van der Waals surface area contributed by atoms with E-state index in [1.807, 2.05) is 24.3 Å². The van der Waals surface area contributed by atoms with Gasteiger partial charge in [-0.25, -0.2) is 0 Å². The van der Waals surface area contributed by atoms with E-state index in [9.17, 15) is 10.2 Å². The largest absolute Gasteiger partial charge is 0.508 e. The molecule has 1 atom stereocenters. The summed E-state index contributed by atoms with van der Waals surface area (Å²) in [6, 6.07) is 12.6. The third-order valence-corrected chi connectivity index (χ3v) is 5.83. The number of nitrogens with one attached hydrogen (secondary N) is 1. The molecule has 3 N–H and O–H groups in total. The minimum absolute atomic E-state index is 0.0808. The first-order valence-electron chi connectivity index (χ1n) is 9.70. The molecular formula is C22H27N3O3. The van der Waals surface area contributed by atoms with Crippen LogP contribution in [0.1, 0.15) is 36.4 Å². The van der Waals surface area contributed by atoms with Crippen LogP contribution in [0.2, 0.25) is 0 Å². The summed E-state index contributed by atoms with van der Waals surface area (Å²) in [6.07, 6.45) is 2.33. The zero-order chi connectivity index (χ0) is 19.7. The fourth-order valence-electron chi connectivity index (χ4n) is 4.16. The van der Waals surface area contributed by atoms with Crippen LogP contribution in [-0.4, -0.2) is 53.7 Å². The molecule has 0 aromatic heterocycles. The first kappa shape index (κ1) is 18.8. The number of nitrogens with zero attached hydrogens (tertiary/aromatic N) is 2. The van der Waals surface area contributed by atoms with Crippen molar-refractivity contribution in [2.75, 3.05) is 27.2 Å². The molecule has 2 aliphatic rings. The van der Waals surface area contributed by atoms with Crippen molar-refractivity contribution in [3.63, 3.8) is 0 Å². The van der Waals surface area contributed by atoms with Crippen LogP contribution in [-0.2, 0) is 0 Å². The lowest BCUT2D eigenvalue weighted by Crippen LogP contribution is -2.55. The number of aromatic hydroxyl groups is 2. The first-order valence-corrected chi connectivity index (χ1v) is 9.70. The van der Waals surface area contributed by atoms with Gasteiger partial charge in [0.1, 0.15) is 22.9 Å². The quantitative estimate of drug-likeness (QED) is 0.762. The molecule has 0 bridgehead atoms. The topological polar surface area (TPSA) is 77.3 Å². The van der Waals surface area contributed by atoms with E-state index >= 15 is 0 Å². The van der Waals surface area contributed by atoms with E-state index < -0.39 is 5.66 Å². The van der Waals surface area contributed by atoms with E-state index in [0.29, 0.717) is 17.7 Å². The highest BCUT2D eigenvalue weighted by Gasteiger charge is 2.40. The summed E-state index contributed by atoms with van der Waals surface area (Å²) < 4.78 is 5.35. The van der Waals surface area contributed by atoms with Crippen molar-refractivity contribution in [3.8, 4) is 17.2 Å². The van der Waals surface area contributed by atoms with Crippen LogP contribution in [0.5, 0.6) is 17.2 Å². The van der Waals surface area contributed by atoms with Crippen LogP contribution in [0.25, 0.3) is 0 Å². The minimum Gasteiger partial charge on any atom is -0.508 e. The van der Waals surface area contributed by atoms with Crippen LogP contribution in [0, 0.1) is 0 Å². The first-order chi connectivity index (χ1) is 13.5. The molecule has 6 heteroatoms. The lowest BCUT2D eigenvalue weighted by atomic mass is 9.87. The van der Waals surface area contributed by atoms with Crippen LogP contribution in [0.15, 0.2) is 47.5 Å². The number of hydrogen-bond donors (Lipinski definition) is 3. The highest BCUT2D eigenvalue weighted by Crippen LogP contribution is 2.38. The highest BCUT2D eigenvalue weighted by molar-refractivity contribution is 6.04.